The van der Waals surface area contributed by atoms with Crippen molar-refractivity contribution in [3.05, 3.63) is 23.8 Å². The number of hydrogen-bond donors (Lipinski definition) is 3. The molecule has 1 aliphatic heterocycles. The number of benzene rings is 1. The number of alkyl carbamates (subject to hydrolysis) is 1. The van der Waals surface area contributed by atoms with Crippen LogP contribution in [0.1, 0.15) is 47.1 Å². The molecule has 0 aliphatic carbocycles. The van der Waals surface area contributed by atoms with Gasteiger partial charge in [0.05, 0.1) is 6.04 Å². The second kappa shape index (κ2) is 7.43. The van der Waals surface area contributed by atoms with Gasteiger partial charge >= 0.3 is 12.2 Å². The smallest absolute Gasteiger partial charge is 0.412 e. The van der Waals surface area contributed by atoms with Crippen LogP contribution in [0.15, 0.2) is 18.2 Å². The van der Waals surface area contributed by atoms with Gasteiger partial charge in [0, 0.05) is 17.9 Å². The summed E-state index contributed by atoms with van der Waals surface area (Å²) in [7, 11) is 0. The van der Waals surface area contributed by atoms with Crippen LogP contribution in [-0.4, -0.2) is 36.0 Å². The normalized spacial score (nSPS) is 16.8. The SMILES string of the molecule is CC(C)(C)OC(=O)Nc1ccc2c(c1)NCC(NC(=O)OC(C)(C)C)C2. The fraction of sp³-hybridized carbons (Fsp3) is 0.579. The summed E-state index contributed by atoms with van der Waals surface area (Å²) in [6.45, 7) is 11.5. The fourth-order valence-electron chi connectivity index (χ4n) is 2.57. The molecule has 0 aromatic heterocycles. The standard InChI is InChI=1S/C19H29N3O4/c1-18(2,3)25-16(23)21-13-8-7-12-9-14(11-20-15(12)10-13)22-17(24)26-19(4,5)6/h7-8,10,14,20H,9,11H2,1-6H3,(H,21,23)(H,22,24). The van der Waals surface area contributed by atoms with Crippen molar-refractivity contribution < 1.29 is 19.1 Å². The molecule has 2 rings (SSSR count). The van der Waals surface area contributed by atoms with Gasteiger partial charge in [-0.3, -0.25) is 5.32 Å². The predicted molar refractivity (Wildman–Crippen MR) is 102 cm³/mol. The number of carbonyl (C=O) groups is 2. The number of carbonyl (C=O) groups excluding carboxylic acids is 2. The second-order valence-corrected chi connectivity index (χ2v) is 8.43. The minimum atomic E-state index is -0.545. The molecule has 7 nitrogen and oxygen atoms in total. The first-order valence-corrected chi connectivity index (χ1v) is 8.78. The summed E-state index contributed by atoms with van der Waals surface area (Å²) in [4.78, 5) is 23.8. The Kier molecular flexibility index (Phi) is 5.68. The molecule has 0 fully saturated rings. The highest BCUT2D eigenvalue weighted by molar-refractivity contribution is 5.86. The van der Waals surface area contributed by atoms with Gasteiger partial charge in [0.15, 0.2) is 0 Å². The predicted octanol–water partition coefficient (Wildman–Crippen LogP) is 3.89. The summed E-state index contributed by atoms with van der Waals surface area (Å²) in [6.07, 6.45) is -0.220. The molecule has 1 unspecified atom stereocenters. The van der Waals surface area contributed by atoms with Gasteiger partial charge in [-0.05, 0) is 65.7 Å². The molecule has 144 valence electrons. The van der Waals surface area contributed by atoms with Gasteiger partial charge < -0.3 is 20.1 Å². The van der Waals surface area contributed by atoms with Crippen molar-refractivity contribution in [1.29, 1.82) is 0 Å². The van der Waals surface area contributed by atoms with Crippen LogP contribution in [0.4, 0.5) is 21.0 Å². The van der Waals surface area contributed by atoms with Crippen LogP contribution >= 0.6 is 0 Å². The lowest BCUT2D eigenvalue weighted by Gasteiger charge is -2.29. The molecule has 3 N–H and O–H groups in total. The highest BCUT2D eigenvalue weighted by atomic mass is 16.6. The lowest BCUT2D eigenvalue weighted by Crippen LogP contribution is -2.45. The van der Waals surface area contributed by atoms with E-state index in [1.54, 1.807) is 0 Å². The van der Waals surface area contributed by atoms with Crippen LogP contribution in [-0.2, 0) is 15.9 Å². The van der Waals surface area contributed by atoms with Gasteiger partial charge in [-0.2, -0.15) is 0 Å². The lowest BCUT2D eigenvalue weighted by atomic mass is 9.99. The van der Waals surface area contributed by atoms with E-state index < -0.39 is 23.4 Å². The second-order valence-electron chi connectivity index (χ2n) is 8.43. The van der Waals surface area contributed by atoms with Gasteiger partial charge in [0.25, 0.3) is 0 Å². The number of rotatable bonds is 2. The molecule has 2 amide bonds. The fourth-order valence-corrected chi connectivity index (χ4v) is 2.57. The van der Waals surface area contributed by atoms with Crippen molar-refractivity contribution in [3.8, 4) is 0 Å². The number of nitrogens with one attached hydrogen (secondary N) is 3. The maximum atomic E-state index is 11.9. The molecular weight excluding hydrogens is 334 g/mol. The number of hydrogen-bond acceptors (Lipinski definition) is 5. The van der Waals surface area contributed by atoms with Gasteiger partial charge in [-0.1, -0.05) is 6.07 Å². The first kappa shape index (κ1) is 19.9. The Morgan fingerprint density at radius 1 is 1.04 bits per heavy atom. The average molecular weight is 363 g/mol. The molecule has 1 aromatic rings. The third kappa shape index (κ3) is 6.46. The maximum absolute atomic E-state index is 11.9. The molecule has 0 bridgehead atoms. The van der Waals surface area contributed by atoms with Crippen molar-refractivity contribution in [1.82, 2.24) is 5.32 Å². The molecule has 0 saturated carbocycles. The van der Waals surface area contributed by atoms with E-state index in [9.17, 15) is 9.59 Å². The Morgan fingerprint density at radius 2 is 1.65 bits per heavy atom. The summed E-state index contributed by atoms with van der Waals surface area (Å²) in [5.41, 5.74) is 1.58. The Bertz CT molecular complexity index is 674. The van der Waals surface area contributed by atoms with Gasteiger partial charge in [-0.25, -0.2) is 9.59 Å². The van der Waals surface area contributed by atoms with Crippen LogP contribution in [0.5, 0.6) is 0 Å². The van der Waals surface area contributed by atoms with Crippen LogP contribution in [0.3, 0.4) is 0 Å². The highest BCUT2D eigenvalue weighted by Gasteiger charge is 2.23. The van der Waals surface area contributed by atoms with Crippen molar-refractivity contribution in [2.75, 3.05) is 17.2 Å². The Labute approximate surface area is 154 Å². The molecule has 0 radical (unpaired) electrons. The molecule has 1 aromatic carbocycles. The average Bonchev–Trinajstić information content (AvgIpc) is 2.43. The molecular formula is C19H29N3O4. The molecule has 1 aliphatic rings. The summed E-state index contributed by atoms with van der Waals surface area (Å²) < 4.78 is 10.5. The van der Waals surface area contributed by atoms with Crippen LogP contribution in [0, 0.1) is 0 Å². The summed E-state index contributed by atoms with van der Waals surface area (Å²) in [5, 5.41) is 8.88. The summed E-state index contributed by atoms with van der Waals surface area (Å²) >= 11 is 0. The zero-order valence-electron chi connectivity index (χ0n) is 16.4. The van der Waals surface area contributed by atoms with Gasteiger partial charge in [0.1, 0.15) is 11.2 Å². The number of anilines is 2. The number of amides is 2. The van der Waals surface area contributed by atoms with Crippen LogP contribution in [0.2, 0.25) is 0 Å². The minimum absolute atomic E-state index is 0.0537. The van der Waals surface area contributed by atoms with Crippen LogP contribution in [0.25, 0.3) is 0 Å². The van der Waals surface area contributed by atoms with Crippen molar-refractivity contribution >= 4 is 23.6 Å². The molecule has 1 heterocycles. The maximum Gasteiger partial charge on any atom is 0.412 e. The van der Waals surface area contributed by atoms with Crippen molar-refractivity contribution in [3.63, 3.8) is 0 Å². The molecule has 0 spiro atoms. The Balaban J connectivity index is 1.94. The summed E-state index contributed by atoms with van der Waals surface area (Å²) in [5.74, 6) is 0. The third-order valence-corrected chi connectivity index (χ3v) is 3.48. The Hall–Kier alpha value is -2.44. The van der Waals surface area contributed by atoms with E-state index in [-0.39, 0.29) is 6.04 Å². The zero-order chi connectivity index (χ0) is 19.5. The summed E-state index contributed by atoms with van der Waals surface area (Å²) in [6, 6.07) is 5.56. The zero-order valence-corrected chi connectivity index (χ0v) is 16.4. The van der Waals surface area contributed by atoms with E-state index in [2.05, 4.69) is 16.0 Å². The van der Waals surface area contributed by atoms with Crippen LogP contribution < -0.4 is 16.0 Å². The largest absolute Gasteiger partial charge is 0.444 e. The van der Waals surface area contributed by atoms with Crippen molar-refractivity contribution in [2.45, 2.75) is 65.2 Å². The minimum Gasteiger partial charge on any atom is -0.444 e. The molecule has 7 heteroatoms. The van der Waals surface area contributed by atoms with Gasteiger partial charge in [-0.15, -0.1) is 0 Å². The first-order valence-electron chi connectivity index (χ1n) is 8.78. The van der Waals surface area contributed by atoms with E-state index in [4.69, 9.17) is 9.47 Å². The van der Waals surface area contributed by atoms with Crippen molar-refractivity contribution in [2.24, 2.45) is 0 Å². The third-order valence-electron chi connectivity index (χ3n) is 3.48. The Morgan fingerprint density at radius 3 is 2.27 bits per heavy atom. The van der Waals surface area contributed by atoms with E-state index in [1.807, 2.05) is 59.7 Å². The molecule has 0 saturated heterocycles. The van der Waals surface area contributed by atoms with E-state index in [1.165, 1.54) is 0 Å². The van der Waals surface area contributed by atoms with E-state index in [0.29, 0.717) is 18.7 Å². The molecule has 26 heavy (non-hydrogen) atoms. The highest BCUT2D eigenvalue weighted by Crippen LogP contribution is 2.26. The topological polar surface area (TPSA) is 88.7 Å². The number of fused-ring (bicyclic) bond motifs is 1. The first-order chi connectivity index (χ1) is 11.9. The van der Waals surface area contributed by atoms with E-state index >= 15 is 0 Å². The monoisotopic (exact) mass is 363 g/mol. The lowest BCUT2D eigenvalue weighted by molar-refractivity contribution is 0.0505. The molecule has 1 atom stereocenters. The number of ether oxygens (including phenoxy) is 2. The van der Waals surface area contributed by atoms with E-state index in [0.717, 1.165) is 11.3 Å². The quantitative estimate of drug-likeness (QED) is 0.742. The van der Waals surface area contributed by atoms with Gasteiger partial charge in [0.2, 0.25) is 0 Å².